The largest absolute Gasteiger partial charge is 0.351 e. The Morgan fingerprint density at radius 1 is 1.21 bits per heavy atom. The topological polar surface area (TPSA) is 52.7 Å². The van der Waals surface area contributed by atoms with E-state index in [1.165, 1.54) is 6.07 Å². The summed E-state index contributed by atoms with van der Waals surface area (Å²) in [7, 11) is 0. The minimum atomic E-state index is -0.308. The second-order valence-electron chi connectivity index (χ2n) is 6.62. The van der Waals surface area contributed by atoms with E-state index < -0.39 is 0 Å². The van der Waals surface area contributed by atoms with Crippen molar-refractivity contribution in [2.24, 2.45) is 5.92 Å². The van der Waals surface area contributed by atoms with Crippen molar-refractivity contribution >= 4 is 11.8 Å². The number of amides is 2. The van der Waals surface area contributed by atoms with Crippen LogP contribution in [0, 0.1) is 11.7 Å². The van der Waals surface area contributed by atoms with Gasteiger partial charge in [-0.3, -0.25) is 14.5 Å². The molecule has 1 aromatic rings. The predicted octanol–water partition coefficient (Wildman–Crippen LogP) is 1.38. The molecule has 1 aliphatic heterocycles. The van der Waals surface area contributed by atoms with Crippen LogP contribution in [0.2, 0.25) is 0 Å². The van der Waals surface area contributed by atoms with Crippen LogP contribution in [0.15, 0.2) is 24.3 Å². The highest BCUT2D eigenvalue weighted by molar-refractivity contribution is 5.82. The molecule has 130 valence electrons. The molecule has 1 saturated carbocycles. The van der Waals surface area contributed by atoms with E-state index in [1.807, 2.05) is 11.8 Å². The van der Waals surface area contributed by atoms with Crippen LogP contribution in [0.5, 0.6) is 0 Å². The van der Waals surface area contributed by atoms with Gasteiger partial charge in [0, 0.05) is 44.2 Å². The van der Waals surface area contributed by atoms with Gasteiger partial charge in [-0.1, -0.05) is 18.2 Å². The minimum absolute atomic E-state index is 0.111. The summed E-state index contributed by atoms with van der Waals surface area (Å²) in [6, 6.07) is 6.16. The molecule has 1 atom stereocenters. The lowest BCUT2D eigenvalue weighted by molar-refractivity contribution is -0.135. The van der Waals surface area contributed by atoms with Gasteiger partial charge in [-0.2, -0.15) is 0 Å². The molecule has 1 saturated heterocycles. The molecule has 0 spiro atoms. The molecule has 0 unspecified atom stereocenters. The third kappa shape index (κ3) is 3.93. The number of benzene rings is 1. The molecule has 5 nitrogen and oxygen atoms in total. The van der Waals surface area contributed by atoms with Crippen LogP contribution in [0.25, 0.3) is 0 Å². The summed E-state index contributed by atoms with van der Waals surface area (Å²) in [6.07, 6.45) is 2.04. The molecule has 3 rings (SSSR count). The van der Waals surface area contributed by atoms with Gasteiger partial charge in [-0.05, 0) is 25.8 Å². The molecular formula is C18H24FN3O2. The van der Waals surface area contributed by atoms with Gasteiger partial charge in [0.25, 0.3) is 0 Å². The van der Waals surface area contributed by atoms with Crippen LogP contribution < -0.4 is 5.32 Å². The number of rotatable bonds is 5. The maximum Gasteiger partial charge on any atom is 0.237 e. The summed E-state index contributed by atoms with van der Waals surface area (Å²) in [4.78, 5) is 28.4. The second-order valence-corrected chi connectivity index (χ2v) is 6.62. The van der Waals surface area contributed by atoms with Gasteiger partial charge in [0.2, 0.25) is 11.8 Å². The lowest BCUT2D eigenvalue weighted by Crippen LogP contribution is -2.55. The Bertz CT molecular complexity index is 610. The van der Waals surface area contributed by atoms with E-state index in [-0.39, 0.29) is 36.1 Å². The molecule has 0 aromatic heterocycles. The number of nitrogens with one attached hydrogen (secondary N) is 1. The maximum absolute atomic E-state index is 13.6. The van der Waals surface area contributed by atoms with Crippen LogP contribution in [0.1, 0.15) is 25.3 Å². The van der Waals surface area contributed by atoms with Crippen LogP contribution in [0.4, 0.5) is 4.39 Å². The van der Waals surface area contributed by atoms with Gasteiger partial charge in [0.1, 0.15) is 5.82 Å². The highest BCUT2D eigenvalue weighted by Crippen LogP contribution is 2.31. The molecule has 0 radical (unpaired) electrons. The fourth-order valence-electron chi connectivity index (χ4n) is 3.06. The molecule has 2 fully saturated rings. The highest BCUT2D eigenvalue weighted by atomic mass is 19.1. The molecular weight excluding hydrogens is 309 g/mol. The summed E-state index contributed by atoms with van der Waals surface area (Å²) in [5.74, 6) is 0.0993. The molecule has 2 amide bonds. The fraction of sp³-hybridized carbons (Fsp3) is 0.556. The first kappa shape index (κ1) is 16.9. The molecule has 0 bridgehead atoms. The van der Waals surface area contributed by atoms with Crippen LogP contribution in [-0.2, 0) is 16.1 Å². The second kappa shape index (κ2) is 7.30. The average molecular weight is 333 g/mol. The third-order valence-electron chi connectivity index (χ3n) is 4.89. The number of hydrogen-bond acceptors (Lipinski definition) is 3. The number of piperazine rings is 1. The normalized spacial score (nSPS) is 19.8. The zero-order valence-electron chi connectivity index (χ0n) is 14.0. The monoisotopic (exact) mass is 333 g/mol. The Balaban J connectivity index is 1.46. The lowest BCUT2D eigenvalue weighted by Gasteiger charge is -2.37. The summed E-state index contributed by atoms with van der Waals surface area (Å²) in [5.41, 5.74) is 0.484. The van der Waals surface area contributed by atoms with Crippen molar-refractivity contribution in [3.63, 3.8) is 0 Å². The summed E-state index contributed by atoms with van der Waals surface area (Å²) in [6.45, 7) is 4.81. The van der Waals surface area contributed by atoms with Crippen molar-refractivity contribution < 1.29 is 14.0 Å². The van der Waals surface area contributed by atoms with E-state index >= 15 is 0 Å². The van der Waals surface area contributed by atoms with E-state index in [0.29, 0.717) is 31.7 Å². The van der Waals surface area contributed by atoms with Crippen molar-refractivity contribution in [1.82, 2.24) is 15.1 Å². The Morgan fingerprint density at radius 3 is 2.50 bits per heavy atom. The predicted molar refractivity (Wildman–Crippen MR) is 88.6 cm³/mol. The summed E-state index contributed by atoms with van der Waals surface area (Å²) < 4.78 is 13.6. The highest BCUT2D eigenvalue weighted by Gasteiger charge is 2.35. The minimum Gasteiger partial charge on any atom is -0.351 e. The number of hydrogen-bond donors (Lipinski definition) is 1. The molecule has 1 N–H and O–H groups in total. The van der Waals surface area contributed by atoms with Gasteiger partial charge in [0.05, 0.1) is 6.04 Å². The SMILES string of the molecule is C[C@@H](C(=O)NCc1ccccc1F)N1CCN(C(=O)C2CC2)CC1. The molecule has 1 aromatic carbocycles. The van der Waals surface area contributed by atoms with Gasteiger partial charge in [-0.15, -0.1) is 0 Å². The van der Waals surface area contributed by atoms with Gasteiger partial charge in [0.15, 0.2) is 0 Å². The number of halogens is 1. The molecule has 24 heavy (non-hydrogen) atoms. The van der Waals surface area contributed by atoms with Crippen LogP contribution in [-0.4, -0.2) is 53.8 Å². The molecule has 6 heteroatoms. The quantitative estimate of drug-likeness (QED) is 0.886. The molecule has 1 heterocycles. The first-order valence-corrected chi connectivity index (χ1v) is 8.60. The standard InChI is InChI=1S/C18H24FN3O2/c1-13(17(23)20-12-15-4-2-3-5-16(15)19)21-8-10-22(11-9-21)18(24)14-6-7-14/h2-5,13-14H,6-12H2,1H3,(H,20,23)/t13-/m0/s1. The third-order valence-corrected chi connectivity index (χ3v) is 4.89. The van der Waals surface area contributed by atoms with Crippen molar-refractivity contribution in [2.75, 3.05) is 26.2 Å². The Labute approximate surface area is 141 Å². The summed E-state index contributed by atoms with van der Waals surface area (Å²) in [5, 5.41) is 2.80. The van der Waals surface area contributed by atoms with Crippen LogP contribution in [0.3, 0.4) is 0 Å². The van der Waals surface area contributed by atoms with E-state index in [9.17, 15) is 14.0 Å². The van der Waals surface area contributed by atoms with Crippen molar-refractivity contribution in [2.45, 2.75) is 32.4 Å². The fourth-order valence-corrected chi connectivity index (χ4v) is 3.06. The van der Waals surface area contributed by atoms with E-state index in [0.717, 1.165) is 12.8 Å². The Kier molecular flexibility index (Phi) is 5.14. The first-order valence-electron chi connectivity index (χ1n) is 8.60. The summed E-state index contributed by atoms with van der Waals surface area (Å²) >= 11 is 0. The van der Waals surface area contributed by atoms with Crippen molar-refractivity contribution in [3.05, 3.63) is 35.6 Å². The lowest BCUT2D eigenvalue weighted by atomic mass is 10.2. The maximum atomic E-state index is 13.6. The number of carbonyl (C=O) groups is 2. The first-order chi connectivity index (χ1) is 11.6. The van der Waals surface area contributed by atoms with Crippen LogP contribution >= 0.6 is 0 Å². The molecule has 2 aliphatic rings. The van der Waals surface area contributed by atoms with Gasteiger partial charge in [-0.25, -0.2) is 4.39 Å². The smallest absolute Gasteiger partial charge is 0.237 e. The van der Waals surface area contributed by atoms with Gasteiger partial charge >= 0.3 is 0 Å². The Morgan fingerprint density at radius 2 is 1.88 bits per heavy atom. The van der Waals surface area contributed by atoms with E-state index in [2.05, 4.69) is 10.2 Å². The zero-order chi connectivity index (χ0) is 17.1. The number of carbonyl (C=O) groups excluding carboxylic acids is 2. The molecule has 1 aliphatic carbocycles. The average Bonchev–Trinajstić information content (AvgIpc) is 3.45. The van der Waals surface area contributed by atoms with E-state index in [4.69, 9.17) is 0 Å². The van der Waals surface area contributed by atoms with E-state index in [1.54, 1.807) is 18.2 Å². The zero-order valence-corrected chi connectivity index (χ0v) is 14.0. The Hall–Kier alpha value is -1.95. The van der Waals surface area contributed by atoms with Gasteiger partial charge < -0.3 is 10.2 Å². The van der Waals surface area contributed by atoms with Crippen molar-refractivity contribution in [1.29, 1.82) is 0 Å². The number of nitrogens with zero attached hydrogens (tertiary/aromatic N) is 2. The van der Waals surface area contributed by atoms with Crippen molar-refractivity contribution in [3.8, 4) is 0 Å².